The fourth-order valence-electron chi connectivity index (χ4n) is 3.96. The Morgan fingerprint density at radius 2 is 1.33 bits per heavy atom. The fraction of sp³-hybridized carbons (Fsp3) is 0.280. The first-order chi connectivity index (χ1) is 14.6. The van der Waals surface area contributed by atoms with Gasteiger partial charge in [0.1, 0.15) is 0 Å². The van der Waals surface area contributed by atoms with E-state index >= 15 is 0 Å². The van der Waals surface area contributed by atoms with Gasteiger partial charge in [0.2, 0.25) is 10.0 Å². The van der Waals surface area contributed by atoms with E-state index in [1.54, 1.807) is 12.1 Å². The molecular weight excluding hydrogens is 392 g/mol. The second-order valence-corrected chi connectivity index (χ2v) is 9.71. The summed E-state index contributed by atoms with van der Waals surface area (Å²) in [5.41, 5.74) is 3.42. The number of hydrogen-bond donors (Lipinski definition) is 1. The predicted octanol–water partition coefficient (Wildman–Crippen LogP) is 4.54. The minimum atomic E-state index is -3.48. The van der Waals surface area contributed by atoms with E-state index < -0.39 is 10.0 Å². The van der Waals surface area contributed by atoms with Crippen molar-refractivity contribution in [3.63, 3.8) is 0 Å². The lowest BCUT2D eigenvalue weighted by atomic mass is 9.97. The van der Waals surface area contributed by atoms with Crippen LogP contribution in [0, 0.1) is 5.92 Å². The molecular formula is C25H28N2O2S. The van der Waals surface area contributed by atoms with E-state index in [0.29, 0.717) is 17.4 Å². The van der Waals surface area contributed by atoms with Gasteiger partial charge in [-0.1, -0.05) is 72.8 Å². The van der Waals surface area contributed by atoms with Crippen LogP contribution in [0.3, 0.4) is 0 Å². The topological polar surface area (TPSA) is 49.4 Å². The summed E-state index contributed by atoms with van der Waals surface area (Å²) >= 11 is 0. The molecule has 30 heavy (non-hydrogen) atoms. The molecule has 0 spiro atoms. The molecule has 0 radical (unpaired) electrons. The SMILES string of the molecule is O=S(=O)(NCC1CCN(Cc2ccccc2)CC1)c1ccc(-c2ccccc2)cc1. The van der Waals surface area contributed by atoms with Gasteiger partial charge in [-0.05, 0) is 60.7 Å². The number of nitrogens with one attached hydrogen (secondary N) is 1. The number of piperidine rings is 1. The largest absolute Gasteiger partial charge is 0.299 e. The van der Waals surface area contributed by atoms with Crippen LogP contribution in [0.15, 0.2) is 89.8 Å². The second-order valence-electron chi connectivity index (χ2n) is 7.95. The molecule has 0 amide bonds. The van der Waals surface area contributed by atoms with E-state index in [1.165, 1.54) is 5.56 Å². The molecule has 1 aliphatic rings. The normalized spacial score (nSPS) is 15.9. The van der Waals surface area contributed by atoms with Gasteiger partial charge in [-0.25, -0.2) is 13.1 Å². The Bertz CT molecular complexity index is 1030. The lowest BCUT2D eigenvalue weighted by Crippen LogP contribution is -2.38. The Hall–Kier alpha value is -2.47. The molecule has 1 aliphatic heterocycles. The highest BCUT2D eigenvalue weighted by molar-refractivity contribution is 7.89. The van der Waals surface area contributed by atoms with Crippen molar-refractivity contribution in [1.82, 2.24) is 9.62 Å². The molecule has 4 rings (SSSR count). The van der Waals surface area contributed by atoms with Crippen molar-refractivity contribution in [1.29, 1.82) is 0 Å². The van der Waals surface area contributed by atoms with Gasteiger partial charge in [-0.3, -0.25) is 4.90 Å². The second kappa shape index (κ2) is 9.56. The summed E-state index contributed by atoms with van der Waals surface area (Å²) in [5, 5.41) is 0. The average Bonchev–Trinajstić information content (AvgIpc) is 2.80. The van der Waals surface area contributed by atoms with Crippen LogP contribution < -0.4 is 4.72 Å². The average molecular weight is 421 g/mol. The summed E-state index contributed by atoms with van der Waals surface area (Å²) in [5.74, 6) is 0.385. The van der Waals surface area contributed by atoms with E-state index in [9.17, 15) is 8.42 Å². The number of sulfonamides is 1. The van der Waals surface area contributed by atoms with E-state index in [2.05, 4.69) is 33.9 Å². The van der Waals surface area contributed by atoms with E-state index in [-0.39, 0.29) is 0 Å². The summed E-state index contributed by atoms with van der Waals surface area (Å²) < 4.78 is 28.2. The third-order valence-electron chi connectivity index (χ3n) is 5.79. The highest BCUT2D eigenvalue weighted by atomic mass is 32.2. The Kier molecular flexibility index (Phi) is 6.62. The van der Waals surface area contributed by atoms with Crippen LogP contribution >= 0.6 is 0 Å². The number of nitrogens with zero attached hydrogens (tertiary/aromatic N) is 1. The maximum absolute atomic E-state index is 12.7. The summed E-state index contributed by atoms with van der Waals surface area (Å²) in [7, 11) is -3.48. The van der Waals surface area contributed by atoms with E-state index in [4.69, 9.17) is 0 Å². The number of likely N-dealkylation sites (tertiary alicyclic amines) is 1. The summed E-state index contributed by atoms with van der Waals surface area (Å²) in [4.78, 5) is 2.77. The Labute approximate surface area is 179 Å². The number of hydrogen-bond acceptors (Lipinski definition) is 3. The van der Waals surface area contributed by atoms with Crippen LogP contribution in [0.5, 0.6) is 0 Å². The van der Waals surface area contributed by atoms with Gasteiger partial charge in [0.05, 0.1) is 4.90 Å². The molecule has 5 heteroatoms. The third kappa shape index (κ3) is 5.36. The van der Waals surface area contributed by atoms with Crippen molar-refractivity contribution in [2.24, 2.45) is 5.92 Å². The highest BCUT2D eigenvalue weighted by Gasteiger charge is 2.22. The summed E-state index contributed by atoms with van der Waals surface area (Å²) in [6.07, 6.45) is 2.03. The van der Waals surface area contributed by atoms with Crippen LogP contribution in [-0.4, -0.2) is 33.0 Å². The standard InChI is InChI=1S/C25H28N2O2S/c28-30(29,25-13-11-24(12-14-25)23-9-5-2-6-10-23)26-19-21-15-17-27(18-16-21)20-22-7-3-1-4-8-22/h1-14,21,26H,15-20H2. The molecule has 1 heterocycles. The van der Waals surface area contributed by atoms with Gasteiger partial charge in [0, 0.05) is 13.1 Å². The number of rotatable bonds is 7. The lowest BCUT2D eigenvalue weighted by molar-refractivity contribution is 0.178. The van der Waals surface area contributed by atoms with Crippen molar-refractivity contribution < 1.29 is 8.42 Å². The molecule has 3 aromatic rings. The van der Waals surface area contributed by atoms with Gasteiger partial charge in [-0.15, -0.1) is 0 Å². The molecule has 0 atom stereocenters. The minimum Gasteiger partial charge on any atom is -0.299 e. The molecule has 0 unspecified atom stereocenters. The zero-order valence-corrected chi connectivity index (χ0v) is 17.9. The van der Waals surface area contributed by atoms with Gasteiger partial charge in [0.25, 0.3) is 0 Å². The molecule has 0 aromatic heterocycles. The van der Waals surface area contributed by atoms with Crippen molar-refractivity contribution in [2.45, 2.75) is 24.3 Å². The van der Waals surface area contributed by atoms with Gasteiger partial charge in [-0.2, -0.15) is 0 Å². The minimum absolute atomic E-state index is 0.323. The van der Waals surface area contributed by atoms with Crippen LogP contribution in [0.2, 0.25) is 0 Å². The third-order valence-corrected chi connectivity index (χ3v) is 7.23. The molecule has 1 saturated heterocycles. The molecule has 0 aliphatic carbocycles. The molecule has 156 valence electrons. The van der Waals surface area contributed by atoms with Crippen LogP contribution in [-0.2, 0) is 16.6 Å². The predicted molar refractivity (Wildman–Crippen MR) is 122 cm³/mol. The van der Waals surface area contributed by atoms with Crippen molar-refractivity contribution in [3.05, 3.63) is 90.5 Å². The first-order valence-corrected chi connectivity index (χ1v) is 12.0. The van der Waals surface area contributed by atoms with Crippen molar-refractivity contribution in [3.8, 4) is 11.1 Å². The summed E-state index contributed by atoms with van der Waals surface area (Å²) in [6, 6.07) is 27.6. The zero-order chi connectivity index (χ0) is 20.8. The number of benzene rings is 3. The smallest absolute Gasteiger partial charge is 0.240 e. The Morgan fingerprint density at radius 3 is 1.97 bits per heavy atom. The first kappa shape index (κ1) is 20.8. The molecule has 3 aromatic carbocycles. The lowest BCUT2D eigenvalue weighted by Gasteiger charge is -2.32. The quantitative estimate of drug-likeness (QED) is 0.610. The highest BCUT2D eigenvalue weighted by Crippen LogP contribution is 2.22. The monoisotopic (exact) mass is 420 g/mol. The Balaban J connectivity index is 1.28. The van der Waals surface area contributed by atoms with E-state index in [0.717, 1.165) is 43.6 Å². The zero-order valence-electron chi connectivity index (χ0n) is 17.1. The van der Waals surface area contributed by atoms with Crippen molar-refractivity contribution >= 4 is 10.0 Å². The Morgan fingerprint density at radius 1 is 0.767 bits per heavy atom. The van der Waals surface area contributed by atoms with Crippen LogP contribution in [0.25, 0.3) is 11.1 Å². The van der Waals surface area contributed by atoms with Crippen LogP contribution in [0.4, 0.5) is 0 Å². The maximum Gasteiger partial charge on any atom is 0.240 e. The first-order valence-electron chi connectivity index (χ1n) is 10.5. The molecule has 0 saturated carbocycles. The molecule has 0 bridgehead atoms. The van der Waals surface area contributed by atoms with Crippen LogP contribution in [0.1, 0.15) is 18.4 Å². The van der Waals surface area contributed by atoms with Crippen molar-refractivity contribution in [2.75, 3.05) is 19.6 Å². The van der Waals surface area contributed by atoms with Gasteiger partial charge in [0.15, 0.2) is 0 Å². The molecule has 1 fully saturated rings. The van der Waals surface area contributed by atoms with Gasteiger partial charge >= 0.3 is 0 Å². The maximum atomic E-state index is 12.7. The van der Waals surface area contributed by atoms with E-state index in [1.807, 2.05) is 48.5 Å². The molecule has 1 N–H and O–H groups in total. The fourth-order valence-corrected chi connectivity index (χ4v) is 5.07. The molecule has 4 nitrogen and oxygen atoms in total. The summed E-state index contributed by atoms with van der Waals surface area (Å²) in [6.45, 7) is 3.48. The van der Waals surface area contributed by atoms with Gasteiger partial charge < -0.3 is 0 Å².